The van der Waals surface area contributed by atoms with Crippen LogP contribution in [0.2, 0.25) is 0 Å². The lowest BCUT2D eigenvalue weighted by molar-refractivity contribution is 0.0696. The minimum Gasteiger partial charge on any atom is -0.487 e. The van der Waals surface area contributed by atoms with Crippen LogP contribution in [0.15, 0.2) is 36.4 Å². The van der Waals surface area contributed by atoms with E-state index in [2.05, 4.69) is 19.9 Å². The zero-order valence-electron chi connectivity index (χ0n) is 12.4. The van der Waals surface area contributed by atoms with Crippen molar-refractivity contribution in [1.29, 1.82) is 0 Å². The van der Waals surface area contributed by atoms with Gasteiger partial charge in [0, 0.05) is 6.42 Å². The van der Waals surface area contributed by atoms with Crippen LogP contribution in [0.1, 0.15) is 35.3 Å². The highest BCUT2D eigenvalue weighted by atomic mass is 16.5. The summed E-state index contributed by atoms with van der Waals surface area (Å²) < 4.78 is 5.89. The standard InChI is InChI=1S/C18H18O3/c1-11-8-13(17(19)20)4-6-15(11)12-5-7-16-14(9-12)10-18(2,3)21-16/h4-9H,10H2,1-3H3,(H,19,20). The Hall–Kier alpha value is -2.29. The molecule has 0 aromatic heterocycles. The molecule has 0 atom stereocenters. The molecule has 1 N–H and O–H groups in total. The van der Waals surface area contributed by atoms with Crippen LogP contribution >= 0.6 is 0 Å². The van der Waals surface area contributed by atoms with Gasteiger partial charge in [-0.1, -0.05) is 12.1 Å². The van der Waals surface area contributed by atoms with Crippen LogP contribution in [0.25, 0.3) is 11.1 Å². The van der Waals surface area contributed by atoms with Gasteiger partial charge in [0.25, 0.3) is 0 Å². The van der Waals surface area contributed by atoms with Crippen molar-refractivity contribution in [2.45, 2.75) is 32.8 Å². The lowest BCUT2D eigenvalue weighted by Gasteiger charge is -2.16. The van der Waals surface area contributed by atoms with Crippen LogP contribution < -0.4 is 4.74 Å². The Morgan fingerprint density at radius 2 is 1.95 bits per heavy atom. The van der Waals surface area contributed by atoms with E-state index in [1.54, 1.807) is 12.1 Å². The summed E-state index contributed by atoms with van der Waals surface area (Å²) in [5.41, 5.74) is 4.51. The first-order chi connectivity index (χ1) is 9.85. The van der Waals surface area contributed by atoms with Crippen LogP contribution in [0.5, 0.6) is 5.75 Å². The number of fused-ring (bicyclic) bond motifs is 1. The molecule has 2 aromatic rings. The number of carboxylic acid groups (broad SMARTS) is 1. The van der Waals surface area contributed by atoms with Gasteiger partial charge in [-0.2, -0.15) is 0 Å². The Labute approximate surface area is 124 Å². The third-order valence-electron chi connectivity index (χ3n) is 3.85. The van der Waals surface area contributed by atoms with E-state index in [-0.39, 0.29) is 5.60 Å². The first-order valence-electron chi connectivity index (χ1n) is 7.02. The maximum absolute atomic E-state index is 11.0. The molecule has 1 aliphatic rings. The van der Waals surface area contributed by atoms with Crippen molar-refractivity contribution in [1.82, 2.24) is 0 Å². The second kappa shape index (κ2) is 4.62. The zero-order valence-corrected chi connectivity index (χ0v) is 12.4. The van der Waals surface area contributed by atoms with E-state index in [9.17, 15) is 4.79 Å². The molecule has 1 aliphatic heterocycles. The third-order valence-corrected chi connectivity index (χ3v) is 3.85. The van der Waals surface area contributed by atoms with Crippen LogP contribution in [0.3, 0.4) is 0 Å². The van der Waals surface area contributed by atoms with E-state index in [4.69, 9.17) is 9.84 Å². The van der Waals surface area contributed by atoms with Crippen molar-refractivity contribution < 1.29 is 14.6 Å². The Morgan fingerprint density at radius 3 is 2.62 bits per heavy atom. The summed E-state index contributed by atoms with van der Waals surface area (Å²) in [6.45, 7) is 6.11. The van der Waals surface area contributed by atoms with Gasteiger partial charge >= 0.3 is 5.97 Å². The molecule has 0 unspecified atom stereocenters. The highest BCUT2D eigenvalue weighted by molar-refractivity contribution is 5.89. The lowest BCUT2D eigenvalue weighted by atomic mass is 9.95. The van der Waals surface area contributed by atoms with Gasteiger partial charge in [0.05, 0.1) is 5.56 Å². The number of carbonyl (C=O) groups is 1. The molecule has 3 heteroatoms. The maximum atomic E-state index is 11.0. The van der Waals surface area contributed by atoms with E-state index < -0.39 is 5.97 Å². The summed E-state index contributed by atoms with van der Waals surface area (Å²) in [7, 11) is 0. The molecular formula is C18H18O3. The number of hydrogen-bond acceptors (Lipinski definition) is 2. The first-order valence-corrected chi connectivity index (χ1v) is 7.02. The first kappa shape index (κ1) is 13.7. The van der Waals surface area contributed by atoms with E-state index in [0.29, 0.717) is 5.56 Å². The molecule has 0 bridgehead atoms. The van der Waals surface area contributed by atoms with Gasteiger partial charge in [-0.05, 0) is 67.3 Å². The number of benzene rings is 2. The SMILES string of the molecule is Cc1cc(C(=O)O)ccc1-c1ccc2c(c1)CC(C)(C)O2. The quantitative estimate of drug-likeness (QED) is 0.903. The fraction of sp³-hybridized carbons (Fsp3) is 0.278. The molecule has 0 amide bonds. The minimum atomic E-state index is -0.895. The van der Waals surface area contributed by atoms with E-state index in [1.807, 2.05) is 25.1 Å². The van der Waals surface area contributed by atoms with Crippen molar-refractivity contribution >= 4 is 5.97 Å². The van der Waals surface area contributed by atoms with Gasteiger partial charge in [0.15, 0.2) is 0 Å². The molecule has 2 aromatic carbocycles. The summed E-state index contributed by atoms with van der Waals surface area (Å²) in [5, 5.41) is 9.04. The second-order valence-corrected chi connectivity index (χ2v) is 6.20. The fourth-order valence-electron chi connectivity index (χ4n) is 2.90. The molecule has 0 saturated heterocycles. The largest absolute Gasteiger partial charge is 0.487 e. The highest BCUT2D eigenvalue weighted by Crippen LogP contribution is 2.37. The lowest BCUT2D eigenvalue weighted by Crippen LogP contribution is -2.24. The second-order valence-electron chi connectivity index (χ2n) is 6.20. The van der Waals surface area contributed by atoms with Gasteiger partial charge in [-0.25, -0.2) is 4.79 Å². The number of rotatable bonds is 2. The summed E-state index contributed by atoms with van der Waals surface area (Å²) in [4.78, 5) is 11.0. The predicted molar refractivity (Wildman–Crippen MR) is 82.0 cm³/mol. The van der Waals surface area contributed by atoms with E-state index in [0.717, 1.165) is 28.9 Å². The highest BCUT2D eigenvalue weighted by Gasteiger charge is 2.30. The minimum absolute atomic E-state index is 0.150. The summed E-state index contributed by atoms with van der Waals surface area (Å²) in [5.74, 6) is 0.0531. The van der Waals surface area contributed by atoms with Crippen LogP contribution in [-0.4, -0.2) is 16.7 Å². The van der Waals surface area contributed by atoms with Gasteiger partial charge < -0.3 is 9.84 Å². The van der Waals surface area contributed by atoms with Crippen molar-refractivity contribution in [3.63, 3.8) is 0 Å². The molecule has 108 valence electrons. The summed E-state index contributed by atoms with van der Waals surface area (Å²) in [6, 6.07) is 11.4. The summed E-state index contributed by atoms with van der Waals surface area (Å²) in [6.07, 6.45) is 0.891. The Kier molecular flexibility index (Phi) is 3.01. The van der Waals surface area contributed by atoms with Crippen LogP contribution in [0, 0.1) is 6.92 Å². The predicted octanol–water partition coefficient (Wildman–Crippen LogP) is 4.07. The van der Waals surface area contributed by atoms with Crippen molar-refractivity contribution in [2.24, 2.45) is 0 Å². The van der Waals surface area contributed by atoms with Gasteiger partial charge in [-0.3, -0.25) is 0 Å². The average molecular weight is 282 g/mol. The topological polar surface area (TPSA) is 46.5 Å². The molecule has 0 spiro atoms. The molecule has 0 fully saturated rings. The van der Waals surface area contributed by atoms with Gasteiger partial charge in [0.2, 0.25) is 0 Å². The fourth-order valence-corrected chi connectivity index (χ4v) is 2.90. The normalized spacial score (nSPS) is 15.4. The van der Waals surface area contributed by atoms with Crippen molar-refractivity contribution in [3.8, 4) is 16.9 Å². The number of hydrogen-bond donors (Lipinski definition) is 1. The number of aryl methyl sites for hydroxylation is 1. The third kappa shape index (κ3) is 2.51. The molecule has 0 saturated carbocycles. The molecule has 3 rings (SSSR count). The number of ether oxygens (including phenoxy) is 1. The summed E-state index contributed by atoms with van der Waals surface area (Å²) >= 11 is 0. The molecule has 3 nitrogen and oxygen atoms in total. The van der Waals surface area contributed by atoms with Gasteiger partial charge in [-0.15, -0.1) is 0 Å². The molecule has 1 heterocycles. The van der Waals surface area contributed by atoms with Crippen molar-refractivity contribution in [3.05, 3.63) is 53.1 Å². The monoisotopic (exact) mass is 282 g/mol. The van der Waals surface area contributed by atoms with E-state index >= 15 is 0 Å². The Balaban J connectivity index is 2.01. The number of aromatic carboxylic acids is 1. The molecule has 0 aliphatic carbocycles. The van der Waals surface area contributed by atoms with Gasteiger partial charge in [0.1, 0.15) is 11.4 Å². The maximum Gasteiger partial charge on any atom is 0.335 e. The Morgan fingerprint density at radius 1 is 1.19 bits per heavy atom. The average Bonchev–Trinajstić information content (AvgIpc) is 2.71. The molecular weight excluding hydrogens is 264 g/mol. The smallest absolute Gasteiger partial charge is 0.335 e. The molecule has 21 heavy (non-hydrogen) atoms. The van der Waals surface area contributed by atoms with E-state index in [1.165, 1.54) is 5.56 Å². The Bertz CT molecular complexity index is 729. The zero-order chi connectivity index (χ0) is 15.2. The molecule has 0 radical (unpaired) electrons. The van der Waals surface area contributed by atoms with Crippen LogP contribution in [-0.2, 0) is 6.42 Å². The van der Waals surface area contributed by atoms with Crippen LogP contribution in [0.4, 0.5) is 0 Å². The number of carboxylic acids is 1. The van der Waals surface area contributed by atoms with Crippen molar-refractivity contribution in [2.75, 3.05) is 0 Å².